The topological polar surface area (TPSA) is 56.1 Å². The number of benzene rings is 2. The molecular formula is C19H18FN3O2S. The fraction of sp³-hybridized carbons (Fsp3) is 0.158. The summed E-state index contributed by atoms with van der Waals surface area (Å²) in [6.45, 7) is 1.65. The highest BCUT2D eigenvalue weighted by Gasteiger charge is 2.16. The van der Waals surface area contributed by atoms with E-state index in [1.807, 2.05) is 30.5 Å². The Labute approximate surface area is 155 Å². The number of halogens is 1. The van der Waals surface area contributed by atoms with Crippen LogP contribution in [0, 0.1) is 5.82 Å². The molecule has 134 valence electrons. The number of aromatic nitrogens is 2. The first kappa shape index (κ1) is 18.0. The predicted octanol–water partition coefficient (Wildman–Crippen LogP) is 4.14. The summed E-state index contributed by atoms with van der Waals surface area (Å²) in [5.74, 6) is -0.233. The largest absolute Gasteiger partial charge is 0.481 e. The van der Waals surface area contributed by atoms with E-state index in [4.69, 9.17) is 4.74 Å². The number of nitrogens with zero attached hydrogens (tertiary/aromatic N) is 2. The molecule has 7 heteroatoms. The number of nitrogens with one attached hydrogen (secondary N) is 1. The third kappa shape index (κ3) is 4.23. The van der Waals surface area contributed by atoms with Crippen LogP contribution < -0.4 is 10.1 Å². The maximum absolute atomic E-state index is 14.2. The molecule has 0 saturated heterocycles. The van der Waals surface area contributed by atoms with Crippen LogP contribution in [0.2, 0.25) is 0 Å². The summed E-state index contributed by atoms with van der Waals surface area (Å²) in [5, 5.41) is 6.65. The minimum absolute atomic E-state index is 0.311. The molecule has 1 unspecified atom stereocenters. The smallest absolute Gasteiger partial charge is 0.265 e. The summed E-state index contributed by atoms with van der Waals surface area (Å²) in [6, 6.07) is 13.6. The lowest BCUT2D eigenvalue weighted by Crippen LogP contribution is -2.30. The van der Waals surface area contributed by atoms with Gasteiger partial charge in [-0.05, 0) is 61.7 Å². The molecule has 0 aliphatic carbocycles. The number of carbonyl (C=O) groups excluding carboxylic acids is 1. The molecule has 5 nitrogen and oxygen atoms in total. The second-order valence-electron chi connectivity index (χ2n) is 5.54. The standard InChI is InChI=1S/C19H18FN3O2S/c1-13(25-15-5-7-16(26-2)8-6-15)19(24)22-14-4-9-18(17(20)12-14)23-11-3-10-21-23/h3-13H,1-2H3,(H,22,24). The molecule has 0 aliphatic rings. The van der Waals surface area contributed by atoms with Crippen molar-refractivity contribution in [3.05, 3.63) is 66.7 Å². The van der Waals surface area contributed by atoms with Crippen molar-refractivity contribution < 1.29 is 13.9 Å². The van der Waals surface area contributed by atoms with Crippen LogP contribution >= 0.6 is 11.8 Å². The van der Waals surface area contributed by atoms with E-state index in [2.05, 4.69) is 10.4 Å². The van der Waals surface area contributed by atoms with Gasteiger partial charge in [-0.3, -0.25) is 4.79 Å². The van der Waals surface area contributed by atoms with Crippen LogP contribution in [0.15, 0.2) is 65.8 Å². The quantitative estimate of drug-likeness (QED) is 0.662. The van der Waals surface area contributed by atoms with Gasteiger partial charge in [0.2, 0.25) is 0 Å². The number of carbonyl (C=O) groups is 1. The van der Waals surface area contributed by atoms with Gasteiger partial charge >= 0.3 is 0 Å². The summed E-state index contributed by atoms with van der Waals surface area (Å²) in [7, 11) is 0. The van der Waals surface area contributed by atoms with Crippen molar-refractivity contribution in [2.45, 2.75) is 17.9 Å². The van der Waals surface area contributed by atoms with Gasteiger partial charge in [-0.1, -0.05) is 0 Å². The molecule has 3 rings (SSSR count). The van der Waals surface area contributed by atoms with E-state index in [1.165, 1.54) is 10.7 Å². The lowest BCUT2D eigenvalue weighted by molar-refractivity contribution is -0.122. The normalized spacial score (nSPS) is 11.8. The van der Waals surface area contributed by atoms with Gasteiger partial charge in [-0.25, -0.2) is 9.07 Å². The Bertz CT molecular complexity index is 882. The zero-order valence-corrected chi connectivity index (χ0v) is 15.2. The third-order valence-electron chi connectivity index (χ3n) is 3.71. The molecule has 1 heterocycles. The predicted molar refractivity (Wildman–Crippen MR) is 100 cm³/mol. The Morgan fingerprint density at radius 1 is 1.27 bits per heavy atom. The van der Waals surface area contributed by atoms with Gasteiger partial charge in [0.15, 0.2) is 11.9 Å². The number of hydrogen-bond acceptors (Lipinski definition) is 4. The van der Waals surface area contributed by atoms with Crippen LogP contribution in [0.1, 0.15) is 6.92 Å². The maximum atomic E-state index is 14.2. The molecule has 1 N–H and O–H groups in total. The molecule has 0 saturated carbocycles. The third-order valence-corrected chi connectivity index (χ3v) is 4.45. The molecule has 1 aromatic heterocycles. The molecular weight excluding hydrogens is 353 g/mol. The fourth-order valence-corrected chi connectivity index (χ4v) is 2.75. The molecule has 26 heavy (non-hydrogen) atoms. The van der Waals surface area contributed by atoms with E-state index < -0.39 is 11.9 Å². The van der Waals surface area contributed by atoms with Crippen molar-refractivity contribution in [2.75, 3.05) is 11.6 Å². The van der Waals surface area contributed by atoms with Crippen LogP contribution in [0.4, 0.5) is 10.1 Å². The second kappa shape index (κ2) is 8.05. The van der Waals surface area contributed by atoms with Crippen molar-refractivity contribution in [1.82, 2.24) is 9.78 Å². The molecule has 0 fully saturated rings. The molecule has 1 atom stereocenters. The van der Waals surface area contributed by atoms with E-state index in [0.29, 0.717) is 17.1 Å². The van der Waals surface area contributed by atoms with Gasteiger partial charge in [-0.15, -0.1) is 11.8 Å². The van der Waals surface area contributed by atoms with E-state index in [9.17, 15) is 9.18 Å². The van der Waals surface area contributed by atoms with Gasteiger partial charge in [0.05, 0.1) is 0 Å². The number of rotatable bonds is 6. The zero-order chi connectivity index (χ0) is 18.5. The first-order valence-corrected chi connectivity index (χ1v) is 9.20. The zero-order valence-electron chi connectivity index (χ0n) is 14.3. The van der Waals surface area contributed by atoms with E-state index in [-0.39, 0.29) is 5.91 Å². The Morgan fingerprint density at radius 2 is 2.04 bits per heavy atom. The van der Waals surface area contributed by atoms with Crippen LogP contribution in [0.3, 0.4) is 0 Å². The highest BCUT2D eigenvalue weighted by molar-refractivity contribution is 7.98. The highest BCUT2D eigenvalue weighted by atomic mass is 32.2. The monoisotopic (exact) mass is 371 g/mol. The van der Waals surface area contributed by atoms with Gasteiger partial charge in [0.1, 0.15) is 11.4 Å². The average Bonchev–Trinajstić information content (AvgIpc) is 3.16. The average molecular weight is 371 g/mol. The number of hydrogen-bond donors (Lipinski definition) is 1. The van der Waals surface area contributed by atoms with E-state index in [0.717, 1.165) is 4.90 Å². The summed E-state index contributed by atoms with van der Waals surface area (Å²) in [6.07, 6.45) is 4.49. The van der Waals surface area contributed by atoms with Gasteiger partial charge in [0.25, 0.3) is 5.91 Å². The van der Waals surface area contributed by atoms with Crippen LogP contribution in [0.5, 0.6) is 5.75 Å². The maximum Gasteiger partial charge on any atom is 0.265 e. The molecule has 0 aliphatic heterocycles. The molecule has 2 aromatic carbocycles. The van der Waals surface area contributed by atoms with E-state index >= 15 is 0 Å². The van der Waals surface area contributed by atoms with Crippen molar-refractivity contribution in [1.29, 1.82) is 0 Å². The Balaban J connectivity index is 1.64. The summed E-state index contributed by atoms with van der Waals surface area (Å²) >= 11 is 1.63. The molecule has 0 radical (unpaired) electrons. The second-order valence-corrected chi connectivity index (χ2v) is 6.42. The first-order chi connectivity index (χ1) is 12.6. The molecule has 3 aromatic rings. The van der Waals surface area contributed by atoms with Crippen molar-refractivity contribution in [3.63, 3.8) is 0 Å². The highest BCUT2D eigenvalue weighted by Crippen LogP contribution is 2.21. The van der Waals surface area contributed by atoms with Gasteiger partial charge in [0, 0.05) is 23.0 Å². The Hall–Kier alpha value is -2.80. The minimum Gasteiger partial charge on any atom is -0.481 e. The Kier molecular flexibility index (Phi) is 5.58. The van der Waals surface area contributed by atoms with Gasteiger partial charge < -0.3 is 10.1 Å². The molecule has 1 amide bonds. The summed E-state index contributed by atoms with van der Waals surface area (Å²) in [4.78, 5) is 13.4. The van der Waals surface area contributed by atoms with Crippen LogP contribution in [-0.2, 0) is 4.79 Å². The number of ether oxygens (including phenoxy) is 1. The first-order valence-electron chi connectivity index (χ1n) is 7.98. The SMILES string of the molecule is CSc1ccc(OC(C)C(=O)Nc2ccc(-n3cccn3)c(F)c2)cc1. The van der Waals surface area contributed by atoms with Crippen LogP contribution in [0.25, 0.3) is 5.69 Å². The Morgan fingerprint density at radius 3 is 2.65 bits per heavy atom. The summed E-state index contributed by atoms with van der Waals surface area (Å²) in [5.41, 5.74) is 0.669. The van der Waals surface area contributed by atoms with Crippen molar-refractivity contribution in [3.8, 4) is 11.4 Å². The molecule has 0 spiro atoms. The van der Waals surface area contributed by atoms with Gasteiger partial charge in [-0.2, -0.15) is 5.10 Å². The van der Waals surface area contributed by atoms with E-state index in [1.54, 1.807) is 49.3 Å². The lowest BCUT2D eigenvalue weighted by Gasteiger charge is -2.15. The molecule has 0 bridgehead atoms. The number of anilines is 1. The van der Waals surface area contributed by atoms with Crippen molar-refractivity contribution in [2.24, 2.45) is 0 Å². The summed E-state index contributed by atoms with van der Waals surface area (Å²) < 4.78 is 21.3. The lowest BCUT2D eigenvalue weighted by atomic mass is 10.2. The van der Waals surface area contributed by atoms with Crippen LogP contribution in [-0.4, -0.2) is 28.0 Å². The number of thioether (sulfide) groups is 1. The van der Waals surface area contributed by atoms with Crippen molar-refractivity contribution >= 4 is 23.4 Å². The fourth-order valence-electron chi connectivity index (χ4n) is 2.34. The minimum atomic E-state index is -0.719. The number of amides is 1.